The summed E-state index contributed by atoms with van der Waals surface area (Å²) >= 11 is 0. The van der Waals surface area contributed by atoms with Crippen LogP contribution in [0.2, 0.25) is 0 Å². The highest BCUT2D eigenvalue weighted by Crippen LogP contribution is 2.47. The minimum Gasteiger partial charge on any atom is -0.496 e. The van der Waals surface area contributed by atoms with Gasteiger partial charge in [0, 0.05) is 37.8 Å². The first kappa shape index (κ1) is 14.9. The third-order valence-electron chi connectivity index (χ3n) is 4.85. The fraction of sp³-hybridized carbons (Fsp3) is 0.667. The van der Waals surface area contributed by atoms with E-state index in [9.17, 15) is 0 Å². The number of benzene rings is 1. The lowest BCUT2D eigenvalue weighted by Gasteiger charge is -2.36. The van der Waals surface area contributed by atoms with Crippen molar-refractivity contribution in [3.63, 3.8) is 0 Å². The SMILES string of the molecule is COc1ccc(C(C)C)cc1[C@@H](C1CC1)N1CCNCC1. The molecule has 0 aromatic heterocycles. The van der Waals surface area contributed by atoms with Gasteiger partial charge in [-0.05, 0) is 36.3 Å². The molecule has 2 aliphatic rings. The Hall–Kier alpha value is -1.06. The molecule has 1 aliphatic carbocycles. The number of ether oxygens (including phenoxy) is 1. The number of methoxy groups -OCH3 is 1. The summed E-state index contributed by atoms with van der Waals surface area (Å²) in [5.74, 6) is 2.45. The second kappa shape index (κ2) is 6.37. The maximum atomic E-state index is 5.69. The van der Waals surface area contributed by atoms with Crippen molar-refractivity contribution in [2.45, 2.75) is 38.6 Å². The molecule has 1 N–H and O–H groups in total. The monoisotopic (exact) mass is 288 g/mol. The van der Waals surface area contributed by atoms with Gasteiger partial charge < -0.3 is 10.1 Å². The van der Waals surface area contributed by atoms with Crippen LogP contribution in [0.1, 0.15) is 49.8 Å². The molecular formula is C18H28N2O. The van der Waals surface area contributed by atoms with Crippen LogP contribution in [-0.4, -0.2) is 38.2 Å². The summed E-state index contributed by atoms with van der Waals surface area (Å²) in [5, 5.41) is 3.47. The molecule has 0 amide bonds. The van der Waals surface area contributed by atoms with Crippen molar-refractivity contribution in [3.8, 4) is 5.75 Å². The molecule has 3 nitrogen and oxygen atoms in total. The molecule has 0 spiro atoms. The molecule has 1 aliphatic heterocycles. The Kier molecular flexibility index (Phi) is 4.51. The van der Waals surface area contributed by atoms with Crippen molar-refractivity contribution in [3.05, 3.63) is 29.3 Å². The van der Waals surface area contributed by atoms with Crippen LogP contribution >= 0.6 is 0 Å². The largest absolute Gasteiger partial charge is 0.496 e. The zero-order valence-corrected chi connectivity index (χ0v) is 13.6. The summed E-state index contributed by atoms with van der Waals surface area (Å²) < 4.78 is 5.69. The lowest BCUT2D eigenvalue weighted by molar-refractivity contribution is 0.153. The van der Waals surface area contributed by atoms with E-state index in [1.54, 1.807) is 7.11 Å². The van der Waals surface area contributed by atoms with E-state index in [2.05, 4.69) is 42.3 Å². The van der Waals surface area contributed by atoms with E-state index < -0.39 is 0 Å². The summed E-state index contributed by atoms with van der Waals surface area (Å²) in [4.78, 5) is 2.66. The molecule has 1 aromatic carbocycles. The van der Waals surface area contributed by atoms with Crippen LogP contribution in [0, 0.1) is 5.92 Å². The zero-order valence-electron chi connectivity index (χ0n) is 13.6. The number of hydrogen-bond donors (Lipinski definition) is 1. The van der Waals surface area contributed by atoms with Crippen LogP contribution in [-0.2, 0) is 0 Å². The van der Waals surface area contributed by atoms with Gasteiger partial charge in [0.25, 0.3) is 0 Å². The first-order valence-corrected chi connectivity index (χ1v) is 8.33. The Labute approximate surface area is 128 Å². The molecule has 116 valence electrons. The van der Waals surface area contributed by atoms with Gasteiger partial charge in [0.2, 0.25) is 0 Å². The van der Waals surface area contributed by atoms with Gasteiger partial charge in [0.05, 0.1) is 7.11 Å². The van der Waals surface area contributed by atoms with Crippen molar-refractivity contribution >= 4 is 0 Å². The number of hydrogen-bond acceptors (Lipinski definition) is 3. The maximum absolute atomic E-state index is 5.69. The molecule has 2 fully saturated rings. The van der Waals surface area contributed by atoms with Crippen LogP contribution in [0.3, 0.4) is 0 Å². The fourth-order valence-electron chi connectivity index (χ4n) is 3.46. The minimum absolute atomic E-state index is 0.542. The van der Waals surface area contributed by atoms with E-state index in [1.807, 2.05) is 0 Å². The lowest BCUT2D eigenvalue weighted by Crippen LogP contribution is -2.45. The van der Waals surface area contributed by atoms with Gasteiger partial charge in [-0.1, -0.05) is 26.0 Å². The third-order valence-corrected chi connectivity index (χ3v) is 4.85. The maximum Gasteiger partial charge on any atom is 0.123 e. The molecule has 0 radical (unpaired) electrons. The molecule has 3 rings (SSSR count). The highest BCUT2D eigenvalue weighted by Gasteiger charge is 2.38. The minimum atomic E-state index is 0.542. The summed E-state index contributed by atoms with van der Waals surface area (Å²) in [6.45, 7) is 9.04. The molecule has 1 saturated carbocycles. The smallest absolute Gasteiger partial charge is 0.123 e. The zero-order chi connectivity index (χ0) is 14.8. The van der Waals surface area contributed by atoms with Crippen molar-refractivity contribution in [1.29, 1.82) is 0 Å². The fourth-order valence-corrected chi connectivity index (χ4v) is 3.46. The van der Waals surface area contributed by atoms with E-state index in [-0.39, 0.29) is 0 Å². The topological polar surface area (TPSA) is 24.5 Å². The predicted octanol–water partition coefficient (Wildman–Crippen LogP) is 3.17. The van der Waals surface area contributed by atoms with Crippen molar-refractivity contribution in [2.75, 3.05) is 33.3 Å². The van der Waals surface area contributed by atoms with Gasteiger partial charge >= 0.3 is 0 Å². The van der Waals surface area contributed by atoms with Gasteiger partial charge in [-0.15, -0.1) is 0 Å². The molecule has 0 unspecified atom stereocenters. The second-order valence-corrected chi connectivity index (χ2v) is 6.72. The lowest BCUT2D eigenvalue weighted by atomic mass is 9.93. The van der Waals surface area contributed by atoms with Crippen LogP contribution in [0.5, 0.6) is 5.75 Å². The van der Waals surface area contributed by atoms with Gasteiger partial charge in [-0.3, -0.25) is 4.90 Å². The molecule has 0 bridgehead atoms. The molecule has 21 heavy (non-hydrogen) atoms. The van der Waals surface area contributed by atoms with Crippen LogP contribution in [0.15, 0.2) is 18.2 Å². The van der Waals surface area contributed by atoms with E-state index in [0.717, 1.165) is 37.8 Å². The average molecular weight is 288 g/mol. The van der Waals surface area contributed by atoms with Crippen molar-refractivity contribution < 1.29 is 4.74 Å². The van der Waals surface area contributed by atoms with Crippen LogP contribution in [0.4, 0.5) is 0 Å². The average Bonchev–Trinajstić information content (AvgIpc) is 3.33. The molecule has 1 aromatic rings. The summed E-state index contributed by atoms with van der Waals surface area (Å²) in [7, 11) is 1.80. The molecule has 1 saturated heterocycles. The number of nitrogens with zero attached hydrogens (tertiary/aromatic N) is 1. The number of piperazine rings is 1. The summed E-state index contributed by atoms with van der Waals surface area (Å²) in [6, 6.07) is 7.33. The third kappa shape index (κ3) is 3.24. The molecule has 1 heterocycles. The first-order chi connectivity index (χ1) is 10.2. The quantitative estimate of drug-likeness (QED) is 0.900. The van der Waals surface area contributed by atoms with E-state index >= 15 is 0 Å². The molecule has 3 heteroatoms. The van der Waals surface area contributed by atoms with Crippen molar-refractivity contribution in [2.24, 2.45) is 5.92 Å². The Morgan fingerprint density at radius 1 is 1.19 bits per heavy atom. The first-order valence-electron chi connectivity index (χ1n) is 8.33. The number of rotatable bonds is 5. The van der Waals surface area contributed by atoms with E-state index in [1.165, 1.54) is 24.0 Å². The Morgan fingerprint density at radius 3 is 2.48 bits per heavy atom. The second-order valence-electron chi connectivity index (χ2n) is 6.72. The predicted molar refractivity (Wildman–Crippen MR) is 87.0 cm³/mol. The Bertz CT molecular complexity index is 476. The highest BCUT2D eigenvalue weighted by atomic mass is 16.5. The van der Waals surface area contributed by atoms with Crippen LogP contribution in [0.25, 0.3) is 0 Å². The Balaban J connectivity index is 1.95. The van der Waals surface area contributed by atoms with E-state index in [0.29, 0.717) is 12.0 Å². The molecule has 1 atom stereocenters. The van der Waals surface area contributed by atoms with Gasteiger partial charge in [-0.2, -0.15) is 0 Å². The van der Waals surface area contributed by atoms with Gasteiger partial charge in [0.1, 0.15) is 5.75 Å². The van der Waals surface area contributed by atoms with E-state index in [4.69, 9.17) is 4.74 Å². The molecular weight excluding hydrogens is 260 g/mol. The van der Waals surface area contributed by atoms with Crippen molar-refractivity contribution in [1.82, 2.24) is 10.2 Å². The normalized spacial score (nSPS) is 21.5. The summed E-state index contributed by atoms with van der Waals surface area (Å²) in [5.41, 5.74) is 2.83. The standard InChI is InChI=1S/C18H28N2O/c1-13(2)15-6-7-17(21-3)16(12-15)18(14-4-5-14)20-10-8-19-9-11-20/h6-7,12-14,18-19H,4-5,8-11H2,1-3H3/t18-/m1/s1. The number of nitrogens with one attached hydrogen (secondary N) is 1. The van der Waals surface area contributed by atoms with Gasteiger partial charge in [-0.25, -0.2) is 0 Å². The van der Waals surface area contributed by atoms with Gasteiger partial charge in [0.15, 0.2) is 0 Å². The van der Waals surface area contributed by atoms with Crippen LogP contribution < -0.4 is 10.1 Å². The summed E-state index contributed by atoms with van der Waals surface area (Å²) in [6.07, 6.45) is 2.73. The highest BCUT2D eigenvalue weighted by molar-refractivity contribution is 5.41. The Morgan fingerprint density at radius 2 is 1.90 bits per heavy atom.